The summed E-state index contributed by atoms with van der Waals surface area (Å²) in [5.74, 6) is 0. The first kappa shape index (κ1) is 14.4. The van der Waals surface area contributed by atoms with Crippen LogP contribution in [0, 0.1) is 21.4 Å². The van der Waals surface area contributed by atoms with E-state index in [2.05, 4.69) is 6.07 Å². The molecule has 0 fully saturated rings. The van der Waals surface area contributed by atoms with Crippen LogP contribution in [0.25, 0.3) is 0 Å². The van der Waals surface area contributed by atoms with Gasteiger partial charge in [0.1, 0.15) is 5.02 Å². The van der Waals surface area contributed by atoms with Gasteiger partial charge >= 0.3 is 0 Å². The van der Waals surface area contributed by atoms with Crippen molar-refractivity contribution in [2.45, 2.75) is 25.9 Å². The monoisotopic (exact) mass is 267 g/mol. The van der Waals surface area contributed by atoms with Crippen LogP contribution >= 0.6 is 11.6 Å². The van der Waals surface area contributed by atoms with Gasteiger partial charge in [0.15, 0.2) is 0 Å². The van der Waals surface area contributed by atoms with Gasteiger partial charge < -0.3 is 0 Å². The predicted octanol–water partition coefficient (Wildman–Crippen LogP) is 2.98. The topological polar surface area (TPSA) is 70.2 Å². The van der Waals surface area contributed by atoms with Crippen molar-refractivity contribution >= 4 is 17.3 Å². The van der Waals surface area contributed by atoms with Crippen LogP contribution in [0.2, 0.25) is 5.02 Å². The Morgan fingerprint density at radius 3 is 2.83 bits per heavy atom. The van der Waals surface area contributed by atoms with Gasteiger partial charge in [-0.15, -0.1) is 0 Å². The van der Waals surface area contributed by atoms with E-state index in [-0.39, 0.29) is 16.8 Å². The van der Waals surface area contributed by atoms with Crippen molar-refractivity contribution in [3.63, 3.8) is 0 Å². The lowest BCUT2D eigenvalue weighted by molar-refractivity contribution is -0.384. The number of rotatable bonds is 5. The van der Waals surface area contributed by atoms with Gasteiger partial charge in [-0.25, -0.2) is 0 Å². The molecule has 0 aromatic heterocycles. The summed E-state index contributed by atoms with van der Waals surface area (Å²) in [4.78, 5) is 12.2. The highest BCUT2D eigenvalue weighted by Gasteiger charge is 2.15. The van der Waals surface area contributed by atoms with Crippen molar-refractivity contribution in [3.05, 3.63) is 38.9 Å². The van der Waals surface area contributed by atoms with Crippen LogP contribution in [-0.2, 0) is 6.54 Å². The van der Waals surface area contributed by atoms with E-state index in [0.717, 1.165) is 5.56 Å². The third-order valence-corrected chi connectivity index (χ3v) is 3.10. The van der Waals surface area contributed by atoms with Gasteiger partial charge in [0.25, 0.3) is 5.69 Å². The van der Waals surface area contributed by atoms with E-state index in [1.54, 1.807) is 6.07 Å². The number of nitrogens with zero attached hydrogens (tertiary/aromatic N) is 3. The largest absolute Gasteiger partial charge is 0.298 e. The van der Waals surface area contributed by atoms with Gasteiger partial charge in [0.05, 0.1) is 17.4 Å². The number of benzene rings is 1. The van der Waals surface area contributed by atoms with Crippen LogP contribution in [0.3, 0.4) is 0 Å². The molecule has 0 aliphatic rings. The molecule has 0 amide bonds. The number of nitriles is 1. The first-order valence-electron chi connectivity index (χ1n) is 5.45. The Kier molecular flexibility index (Phi) is 5.08. The highest BCUT2D eigenvalue weighted by molar-refractivity contribution is 6.32. The fraction of sp³-hybridized carbons (Fsp3) is 0.417. The SMILES string of the molecule is CC(CC#N)N(C)Cc1ccc(Cl)c([N+](=O)[O-])c1. The summed E-state index contributed by atoms with van der Waals surface area (Å²) in [6, 6.07) is 6.95. The van der Waals surface area contributed by atoms with Crippen molar-refractivity contribution in [2.24, 2.45) is 0 Å². The summed E-state index contributed by atoms with van der Waals surface area (Å²) in [6.07, 6.45) is 0.423. The first-order valence-corrected chi connectivity index (χ1v) is 5.83. The molecule has 18 heavy (non-hydrogen) atoms. The van der Waals surface area contributed by atoms with E-state index >= 15 is 0 Å². The van der Waals surface area contributed by atoms with Crippen molar-refractivity contribution < 1.29 is 4.92 Å². The van der Waals surface area contributed by atoms with Crippen LogP contribution in [0.5, 0.6) is 0 Å². The second-order valence-electron chi connectivity index (χ2n) is 4.17. The summed E-state index contributed by atoms with van der Waals surface area (Å²) in [5, 5.41) is 19.5. The zero-order valence-corrected chi connectivity index (χ0v) is 11.0. The number of hydrogen-bond donors (Lipinski definition) is 0. The van der Waals surface area contributed by atoms with E-state index in [0.29, 0.717) is 13.0 Å². The third kappa shape index (κ3) is 3.69. The molecular formula is C12H14ClN3O2. The van der Waals surface area contributed by atoms with E-state index in [9.17, 15) is 10.1 Å². The van der Waals surface area contributed by atoms with Gasteiger partial charge in [0, 0.05) is 18.7 Å². The Morgan fingerprint density at radius 1 is 1.61 bits per heavy atom. The second-order valence-corrected chi connectivity index (χ2v) is 4.58. The lowest BCUT2D eigenvalue weighted by Gasteiger charge is -2.22. The molecule has 1 unspecified atom stereocenters. The summed E-state index contributed by atoms with van der Waals surface area (Å²) < 4.78 is 0. The quantitative estimate of drug-likeness (QED) is 0.607. The molecule has 0 spiro atoms. The van der Waals surface area contributed by atoms with E-state index in [1.807, 2.05) is 18.9 Å². The zero-order chi connectivity index (χ0) is 13.7. The van der Waals surface area contributed by atoms with Gasteiger partial charge in [-0.3, -0.25) is 15.0 Å². The van der Waals surface area contributed by atoms with Crippen molar-refractivity contribution in [1.29, 1.82) is 5.26 Å². The lowest BCUT2D eigenvalue weighted by Crippen LogP contribution is -2.28. The highest BCUT2D eigenvalue weighted by atomic mass is 35.5. The maximum atomic E-state index is 10.8. The molecule has 0 saturated heterocycles. The zero-order valence-electron chi connectivity index (χ0n) is 10.3. The predicted molar refractivity (Wildman–Crippen MR) is 69.3 cm³/mol. The number of halogens is 1. The van der Waals surface area contributed by atoms with Gasteiger partial charge in [0.2, 0.25) is 0 Å². The van der Waals surface area contributed by atoms with Crippen molar-refractivity contribution in [1.82, 2.24) is 4.90 Å². The molecule has 0 saturated carbocycles. The van der Waals surface area contributed by atoms with Crippen LogP contribution in [0.15, 0.2) is 18.2 Å². The minimum absolute atomic E-state index is 0.0875. The number of hydrogen-bond acceptors (Lipinski definition) is 4. The first-order chi connectivity index (χ1) is 8.45. The van der Waals surface area contributed by atoms with Crippen LogP contribution < -0.4 is 0 Å². The Balaban J connectivity index is 2.83. The highest BCUT2D eigenvalue weighted by Crippen LogP contribution is 2.25. The Bertz CT molecular complexity index is 485. The average Bonchev–Trinajstić information content (AvgIpc) is 2.31. The molecule has 5 nitrogen and oxygen atoms in total. The molecule has 0 bridgehead atoms. The molecule has 0 aliphatic carbocycles. The van der Waals surface area contributed by atoms with E-state index < -0.39 is 4.92 Å². The molecule has 6 heteroatoms. The van der Waals surface area contributed by atoms with Gasteiger partial charge in [-0.05, 0) is 25.6 Å². The lowest BCUT2D eigenvalue weighted by atomic mass is 10.1. The van der Waals surface area contributed by atoms with E-state index in [4.69, 9.17) is 16.9 Å². The summed E-state index contributed by atoms with van der Waals surface area (Å²) in [7, 11) is 1.88. The van der Waals surface area contributed by atoms with Crippen LogP contribution in [0.1, 0.15) is 18.9 Å². The van der Waals surface area contributed by atoms with Crippen LogP contribution in [0.4, 0.5) is 5.69 Å². The molecular weight excluding hydrogens is 254 g/mol. The number of nitro benzene ring substituents is 1. The third-order valence-electron chi connectivity index (χ3n) is 2.78. The van der Waals surface area contributed by atoms with Gasteiger partial charge in [-0.2, -0.15) is 5.26 Å². The minimum atomic E-state index is -0.495. The molecule has 0 radical (unpaired) electrons. The summed E-state index contributed by atoms with van der Waals surface area (Å²) in [6.45, 7) is 2.48. The molecule has 1 rings (SSSR count). The maximum absolute atomic E-state index is 10.8. The molecule has 0 N–H and O–H groups in total. The smallest absolute Gasteiger partial charge is 0.288 e. The Morgan fingerprint density at radius 2 is 2.28 bits per heavy atom. The van der Waals surface area contributed by atoms with Crippen molar-refractivity contribution in [2.75, 3.05) is 7.05 Å². The molecule has 1 atom stereocenters. The van der Waals surface area contributed by atoms with Crippen molar-refractivity contribution in [3.8, 4) is 6.07 Å². The second kappa shape index (κ2) is 6.34. The number of nitro groups is 1. The molecule has 0 aliphatic heterocycles. The van der Waals surface area contributed by atoms with Crippen LogP contribution in [-0.4, -0.2) is 22.9 Å². The fourth-order valence-electron chi connectivity index (χ4n) is 1.53. The normalized spacial score (nSPS) is 12.2. The minimum Gasteiger partial charge on any atom is -0.298 e. The molecule has 1 aromatic rings. The summed E-state index contributed by atoms with van der Waals surface area (Å²) in [5.41, 5.74) is 0.717. The molecule has 1 aromatic carbocycles. The average molecular weight is 268 g/mol. The van der Waals surface area contributed by atoms with Gasteiger partial charge in [-0.1, -0.05) is 17.7 Å². The standard InChI is InChI=1S/C12H14ClN3O2/c1-9(5-6-14)15(2)8-10-3-4-11(13)12(7-10)16(17)18/h3-4,7,9H,5,8H2,1-2H3. The maximum Gasteiger partial charge on any atom is 0.288 e. The fourth-order valence-corrected chi connectivity index (χ4v) is 1.71. The Labute approximate surface area is 111 Å². The molecule has 0 heterocycles. The van der Waals surface area contributed by atoms with E-state index in [1.165, 1.54) is 12.1 Å². The molecule has 96 valence electrons. The Hall–Kier alpha value is -1.64. The summed E-state index contributed by atoms with van der Waals surface area (Å²) >= 11 is 5.74.